The van der Waals surface area contributed by atoms with Crippen LogP contribution >= 0.6 is 0 Å². The lowest BCUT2D eigenvalue weighted by Gasteiger charge is -2.24. The Labute approximate surface area is 203 Å². The van der Waals surface area contributed by atoms with E-state index in [2.05, 4.69) is 21.3 Å². The second-order valence-corrected chi connectivity index (χ2v) is 7.93. The molecule has 0 radical (unpaired) electrons. The molecule has 0 saturated carbocycles. The number of nitrogens with one attached hydrogen (secondary N) is 4. The number of rotatable bonds is 5. The molecular weight excluding hydrogens is 485 g/mol. The summed E-state index contributed by atoms with van der Waals surface area (Å²) in [5.74, 6) is -6.25. The van der Waals surface area contributed by atoms with Crippen LogP contribution < -0.4 is 32.7 Å². The molecule has 0 aromatic heterocycles. The number of amides is 5. The molecule has 36 heavy (non-hydrogen) atoms. The number of aliphatic hydroxyl groups is 1. The normalized spacial score (nSPS) is 21.7. The minimum Gasteiger partial charge on any atom is -0.394 e. The molecule has 0 aliphatic carbocycles. The quantitative estimate of drug-likeness (QED) is 0.166. The van der Waals surface area contributed by atoms with E-state index in [9.17, 15) is 43.6 Å². The van der Waals surface area contributed by atoms with Crippen molar-refractivity contribution in [1.29, 1.82) is 0 Å². The molecule has 1 aromatic carbocycles. The van der Waals surface area contributed by atoms with Gasteiger partial charge in [-0.15, -0.1) is 0 Å². The average Bonchev–Trinajstić information content (AvgIpc) is 2.79. The van der Waals surface area contributed by atoms with E-state index < -0.39 is 88.4 Å². The highest BCUT2D eigenvalue weighted by Crippen LogP contribution is 2.27. The van der Waals surface area contributed by atoms with Gasteiger partial charge in [0.15, 0.2) is 5.82 Å². The van der Waals surface area contributed by atoms with Crippen LogP contribution in [0.4, 0.5) is 15.8 Å². The standard InChI is InChI=1S/C20H26FN7O8/c21-11-6-9(28(35)36)5-10-16(11)24-4-2-1-3-12(17(23)31)25-20(34)14(8-29)27-19(33)13(7-15(22)30)26-18(10)32/h5-6,12-14,24,29H,1-4,7-8H2,(H2,22,30)(H2,23,31)(H,25,34)(H,26,32)(H,27,33)/t12-,13-,14-/m0/s1. The van der Waals surface area contributed by atoms with E-state index in [4.69, 9.17) is 11.5 Å². The molecule has 1 aromatic rings. The lowest BCUT2D eigenvalue weighted by Crippen LogP contribution is -2.58. The van der Waals surface area contributed by atoms with Gasteiger partial charge in [-0.3, -0.25) is 34.1 Å². The van der Waals surface area contributed by atoms with Crippen LogP contribution in [0, 0.1) is 15.9 Å². The van der Waals surface area contributed by atoms with Gasteiger partial charge in [0.1, 0.15) is 18.1 Å². The molecule has 1 aliphatic rings. The maximum absolute atomic E-state index is 14.7. The molecule has 15 nitrogen and oxygen atoms in total. The highest BCUT2D eigenvalue weighted by atomic mass is 19.1. The topological polar surface area (TPSA) is 249 Å². The number of non-ortho nitro benzene ring substituents is 1. The number of nitrogens with zero attached hydrogens (tertiary/aromatic N) is 1. The average molecular weight is 511 g/mol. The molecule has 3 atom stereocenters. The van der Waals surface area contributed by atoms with Crippen LogP contribution in [0.1, 0.15) is 36.0 Å². The number of hydrogen-bond acceptors (Lipinski definition) is 9. The zero-order valence-corrected chi connectivity index (χ0v) is 18.9. The highest BCUT2D eigenvalue weighted by Gasteiger charge is 2.31. The molecule has 0 spiro atoms. The molecule has 16 heteroatoms. The zero-order valence-electron chi connectivity index (χ0n) is 18.9. The molecule has 0 bridgehead atoms. The molecule has 1 heterocycles. The van der Waals surface area contributed by atoms with Gasteiger partial charge in [-0.25, -0.2) is 4.39 Å². The van der Waals surface area contributed by atoms with Crippen LogP contribution in [-0.2, 0) is 19.2 Å². The van der Waals surface area contributed by atoms with Gasteiger partial charge in [-0.1, -0.05) is 0 Å². The number of nitro benzene ring substituents is 1. The first-order valence-corrected chi connectivity index (χ1v) is 10.8. The van der Waals surface area contributed by atoms with Gasteiger partial charge in [0.25, 0.3) is 11.6 Å². The van der Waals surface area contributed by atoms with Crippen molar-refractivity contribution in [1.82, 2.24) is 16.0 Å². The first kappa shape index (κ1) is 27.9. The Morgan fingerprint density at radius 3 is 2.33 bits per heavy atom. The van der Waals surface area contributed by atoms with Crippen LogP contribution in [0.25, 0.3) is 0 Å². The summed E-state index contributed by atoms with van der Waals surface area (Å²) in [6.07, 6.45) is -0.0912. The summed E-state index contributed by atoms with van der Waals surface area (Å²) in [4.78, 5) is 71.7. The fourth-order valence-corrected chi connectivity index (χ4v) is 3.41. The Balaban J connectivity index is 2.51. The van der Waals surface area contributed by atoms with Crippen LogP contribution in [-0.4, -0.2) is 70.8 Å². The van der Waals surface area contributed by atoms with Gasteiger partial charge >= 0.3 is 0 Å². The minimum atomic E-state index is -1.70. The molecule has 196 valence electrons. The molecule has 0 fully saturated rings. The maximum Gasteiger partial charge on any atom is 0.273 e. The largest absolute Gasteiger partial charge is 0.394 e. The van der Waals surface area contributed by atoms with Gasteiger partial charge in [0, 0.05) is 12.6 Å². The number of primary amides is 2. The zero-order chi connectivity index (χ0) is 27.0. The minimum absolute atomic E-state index is 0.0545. The van der Waals surface area contributed by atoms with Gasteiger partial charge < -0.3 is 37.8 Å². The van der Waals surface area contributed by atoms with E-state index in [0.717, 1.165) is 6.07 Å². The van der Waals surface area contributed by atoms with Crippen molar-refractivity contribution in [3.63, 3.8) is 0 Å². The second-order valence-electron chi connectivity index (χ2n) is 7.93. The van der Waals surface area contributed by atoms with E-state index in [1.807, 2.05) is 0 Å². The second kappa shape index (κ2) is 12.4. The number of benzene rings is 1. The number of nitrogens with two attached hydrogens (primary N) is 2. The van der Waals surface area contributed by atoms with Crippen LogP contribution in [0.15, 0.2) is 12.1 Å². The summed E-state index contributed by atoms with van der Waals surface area (Å²) in [5.41, 5.74) is 8.81. The number of nitro groups is 1. The van der Waals surface area contributed by atoms with E-state index in [0.29, 0.717) is 18.9 Å². The summed E-state index contributed by atoms with van der Waals surface area (Å²) in [6.45, 7) is -0.858. The third-order valence-electron chi connectivity index (χ3n) is 5.25. The SMILES string of the molecule is NC(=O)C[C@@H]1NC(=O)c2cc([N+](=O)[O-])cc(F)c2NCCCC[C@@H](C(N)=O)NC(=O)[C@H](CO)NC1=O. The Bertz CT molecular complexity index is 1070. The van der Waals surface area contributed by atoms with Crippen molar-refractivity contribution in [3.05, 3.63) is 33.6 Å². The Hall–Kier alpha value is -4.34. The van der Waals surface area contributed by atoms with Crippen LogP contribution in [0.5, 0.6) is 0 Å². The lowest BCUT2D eigenvalue weighted by atomic mass is 10.1. The van der Waals surface area contributed by atoms with E-state index in [1.165, 1.54) is 0 Å². The van der Waals surface area contributed by atoms with Crippen molar-refractivity contribution in [2.75, 3.05) is 18.5 Å². The monoisotopic (exact) mass is 511 g/mol. The van der Waals surface area contributed by atoms with Crippen molar-refractivity contribution >= 4 is 40.9 Å². The van der Waals surface area contributed by atoms with E-state index in [-0.39, 0.29) is 13.0 Å². The fourth-order valence-electron chi connectivity index (χ4n) is 3.41. The Kier molecular flexibility index (Phi) is 9.60. The highest BCUT2D eigenvalue weighted by molar-refractivity contribution is 6.03. The van der Waals surface area contributed by atoms with Gasteiger partial charge in [0.05, 0.1) is 35.3 Å². The number of carbonyl (C=O) groups excluding carboxylic acids is 5. The number of fused-ring (bicyclic) bond motifs is 1. The van der Waals surface area contributed by atoms with Crippen molar-refractivity contribution in [2.24, 2.45) is 11.5 Å². The predicted octanol–water partition coefficient (Wildman–Crippen LogP) is -2.25. The number of carbonyl (C=O) groups is 5. The molecule has 0 saturated heterocycles. The van der Waals surface area contributed by atoms with Crippen LogP contribution in [0.2, 0.25) is 0 Å². The Morgan fingerprint density at radius 2 is 1.75 bits per heavy atom. The van der Waals surface area contributed by atoms with Gasteiger partial charge in [-0.05, 0) is 19.3 Å². The summed E-state index contributed by atoms with van der Waals surface area (Å²) >= 11 is 0. The van der Waals surface area contributed by atoms with E-state index >= 15 is 0 Å². The summed E-state index contributed by atoms with van der Waals surface area (Å²) < 4.78 is 14.7. The molecule has 2 rings (SSSR count). The first-order chi connectivity index (χ1) is 16.9. The molecular formula is C20H26FN7O8. The lowest BCUT2D eigenvalue weighted by molar-refractivity contribution is -0.385. The first-order valence-electron chi connectivity index (χ1n) is 10.8. The third-order valence-corrected chi connectivity index (χ3v) is 5.25. The van der Waals surface area contributed by atoms with E-state index in [1.54, 1.807) is 0 Å². The predicted molar refractivity (Wildman–Crippen MR) is 121 cm³/mol. The van der Waals surface area contributed by atoms with Gasteiger partial charge in [-0.2, -0.15) is 0 Å². The molecule has 1 aliphatic heterocycles. The Morgan fingerprint density at radius 1 is 1.08 bits per heavy atom. The third kappa shape index (κ3) is 7.33. The van der Waals surface area contributed by atoms with Gasteiger partial charge in [0.2, 0.25) is 23.6 Å². The summed E-state index contributed by atoms with van der Waals surface area (Å²) in [6, 6.07) is -3.05. The van der Waals surface area contributed by atoms with Crippen molar-refractivity contribution in [2.45, 2.75) is 43.8 Å². The number of hydrogen-bond donors (Lipinski definition) is 7. The van der Waals surface area contributed by atoms with Crippen LogP contribution in [0.3, 0.4) is 0 Å². The molecule has 5 amide bonds. The molecule has 9 N–H and O–H groups in total. The fraction of sp³-hybridized carbons (Fsp3) is 0.450. The van der Waals surface area contributed by atoms with Crippen molar-refractivity contribution < 1.29 is 38.4 Å². The molecule has 0 unspecified atom stereocenters. The smallest absolute Gasteiger partial charge is 0.273 e. The summed E-state index contributed by atoms with van der Waals surface area (Å²) in [5, 5.41) is 30.0. The number of halogens is 1. The maximum atomic E-state index is 14.7. The number of anilines is 1. The summed E-state index contributed by atoms with van der Waals surface area (Å²) in [7, 11) is 0. The van der Waals surface area contributed by atoms with Crippen molar-refractivity contribution in [3.8, 4) is 0 Å². The number of aliphatic hydroxyl groups excluding tert-OH is 1.